The van der Waals surface area contributed by atoms with Crippen LogP contribution >= 0.6 is 11.6 Å². The van der Waals surface area contributed by atoms with Crippen LogP contribution in [0, 0.1) is 6.92 Å². The number of sulfonamides is 1. The molecule has 0 atom stereocenters. The van der Waals surface area contributed by atoms with Crippen LogP contribution in [0.4, 0.5) is 0 Å². The van der Waals surface area contributed by atoms with Crippen LogP contribution in [0.25, 0.3) is 11.6 Å². The summed E-state index contributed by atoms with van der Waals surface area (Å²) in [6.45, 7) is 2.03. The normalized spacial score (nSPS) is 12.0. The second-order valence-electron chi connectivity index (χ2n) is 6.56. The zero-order valence-electron chi connectivity index (χ0n) is 16.2. The Morgan fingerprint density at radius 3 is 2.28 bits per heavy atom. The van der Waals surface area contributed by atoms with Crippen molar-refractivity contribution in [1.82, 2.24) is 4.72 Å². The molecule has 0 bridgehead atoms. The maximum atomic E-state index is 12.7. The average molecular weight is 428 g/mol. The first-order chi connectivity index (χ1) is 13.9. The molecule has 3 aromatic carbocycles. The van der Waals surface area contributed by atoms with E-state index < -0.39 is 10.0 Å². The van der Waals surface area contributed by atoms with Crippen molar-refractivity contribution in [3.8, 4) is 5.75 Å². The first-order valence-electron chi connectivity index (χ1n) is 9.05. The second kappa shape index (κ2) is 9.27. The summed E-state index contributed by atoms with van der Waals surface area (Å²) in [5.41, 5.74) is 3.48. The standard InChI is InChI=1S/C23H22ClNO3S/c1-17-7-13-22(14-8-17)29(26,27)25-16-20(15-19-5-3-4-6-23(19)24)18-9-11-21(28-2)12-10-18/h3-15,25H,16H2,1-2H3/b20-15+. The van der Waals surface area contributed by atoms with Gasteiger partial charge in [-0.25, -0.2) is 13.1 Å². The SMILES string of the molecule is COc1ccc(/C(=C/c2ccccc2Cl)CNS(=O)(=O)c2ccc(C)cc2)cc1. The van der Waals surface area contributed by atoms with Crippen molar-refractivity contribution in [3.05, 3.63) is 94.5 Å². The summed E-state index contributed by atoms with van der Waals surface area (Å²) in [6.07, 6.45) is 1.89. The predicted octanol–water partition coefficient (Wildman–Crippen LogP) is 5.18. The van der Waals surface area contributed by atoms with E-state index in [4.69, 9.17) is 16.3 Å². The molecule has 0 aliphatic carbocycles. The average Bonchev–Trinajstić information content (AvgIpc) is 2.73. The number of methoxy groups -OCH3 is 1. The molecule has 3 aromatic rings. The summed E-state index contributed by atoms with van der Waals surface area (Å²) in [5, 5.41) is 0.597. The molecular formula is C23H22ClNO3S. The number of hydrogen-bond acceptors (Lipinski definition) is 3. The fourth-order valence-corrected chi connectivity index (χ4v) is 3.99. The number of hydrogen-bond donors (Lipinski definition) is 1. The highest BCUT2D eigenvalue weighted by molar-refractivity contribution is 7.89. The molecule has 0 amide bonds. The van der Waals surface area contributed by atoms with Crippen LogP contribution in [0.1, 0.15) is 16.7 Å². The second-order valence-corrected chi connectivity index (χ2v) is 8.73. The smallest absolute Gasteiger partial charge is 0.240 e. The number of ether oxygens (including phenoxy) is 1. The minimum absolute atomic E-state index is 0.119. The third-order valence-electron chi connectivity index (χ3n) is 4.48. The van der Waals surface area contributed by atoms with Crippen molar-refractivity contribution >= 4 is 33.3 Å². The van der Waals surface area contributed by atoms with Gasteiger partial charge in [-0.2, -0.15) is 0 Å². The zero-order chi connectivity index (χ0) is 20.9. The molecule has 0 heterocycles. The first kappa shape index (κ1) is 21.1. The predicted molar refractivity (Wildman–Crippen MR) is 119 cm³/mol. The molecule has 0 aliphatic rings. The Hall–Kier alpha value is -2.60. The van der Waals surface area contributed by atoms with Crippen LogP contribution in [-0.4, -0.2) is 22.1 Å². The number of benzene rings is 3. The summed E-state index contributed by atoms with van der Waals surface area (Å²) in [6, 6.07) is 21.6. The highest BCUT2D eigenvalue weighted by Crippen LogP contribution is 2.25. The Balaban J connectivity index is 1.92. The van der Waals surface area contributed by atoms with Crippen molar-refractivity contribution in [1.29, 1.82) is 0 Å². The summed E-state index contributed by atoms with van der Waals surface area (Å²) in [4.78, 5) is 0.231. The van der Waals surface area contributed by atoms with Gasteiger partial charge in [0.25, 0.3) is 0 Å². The maximum Gasteiger partial charge on any atom is 0.240 e. The van der Waals surface area contributed by atoms with Gasteiger partial charge in [-0.15, -0.1) is 0 Å². The number of rotatable bonds is 7. The van der Waals surface area contributed by atoms with E-state index in [-0.39, 0.29) is 11.4 Å². The summed E-state index contributed by atoms with van der Waals surface area (Å²) >= 11 is 6.30. The quantitative estimate of drug-likeness (QED) is 0.529. The monoisotopic (exact) mass is 427 g/mol. The van der Waals surface area contributed by atoms with Crippen LogP contribution in [0.3, 0.4) is 0 Å². The number of aryl methyl sites for hydroxylation is 1. The van der Waals surface area contributed by atoms with E-state index in [1.165, 1.54) is 0 Å². The van der Waals surface area contributed by atoms with E-state index in [1.807, 2.05) is 55.5 Å². The fraction of sp³-hybridized carbons (Fsp3) is 0.130. The van der Waals surface area contributed by atoms with Gasteiger partial charge in [-0.3, -0.25) is 0 Å². The van der Waals surface area contributed by atoms with Gasteiger partial charge in [0.15, 0.2) is 0 Å². The Bertz CT molecular complexity index is 1110. The van der Waals surface area contributed by atoms with Gasteiger partial charge in [-0.1, -0.05) is 59.6 Å². The van der Waals surface area contributed by atoms with E-state index in [0.29, 0.717) is 5.02 Å². The Labute approximate surface area is 176 Å². The van der Waals surface area contributed by atoms with Crippen LogP contribution < -0.4 is 9.46 Å². The molecule has 0 unspecified atom stereocenters. The molecule has 0 radical (unpaired) electrons. The summed E-state index contributed by atoms with van der Waals surface area (Å²) in [7, 11) is -2.04. The van der Waals surface area contributed by atoms with E-state index in [2.05, 4.69) is 4.72 Å². The maximum absolute atomic E-state index is 12.7. The molecule has 29 heavy (non-hydrogen) atoms. The third kappa shape index (κ3) is 5.48. The third-order valence-corrected chi connectivity index (χ3v) is 6.24. The Morgan fingerprint density at radius 2 is 1.66 bits per heavy atom. The topological polar surface area (TPSA) is 55.4 Å². The first-order valence-corrected chi connectivity index (χ1v) is 10.9. The van der Waals surface area contributed by atoms with Gasteiger partial charge in [0, 0.05) is 11.6 Å². The zero-order valence-corrected chi connectivity index (χ0v) is 17.8. The van der Waals surface area contributed by atoms with Gasteiger partial charge in [0.2, 0.25) is 10.0 Å². The molecule has 150 valence electrons. The molecule has 0 fully saturated rings. The van der Waals surface area contributed by atoms with E-state index in [1.54, 1.807) is 37.4 Å². The van der Waals surface area contributed by atoms with E-state index in [0.717, 1.165) is 28.0 Å². The number of nitrogens with one attached hydrogen (secondary N) is 1. The highest BCUT2D eigenvalue weighted by atomic mass is 35.5. The minimum atomic E-state index is -3.64. The van der Waals surface area contributed by atoms with E-state index >= 15 is 0 Å². The van der Waals surface area contributed by atoms with Crippen molar-refractivity contribution in [2.45, 2.75) is 11.8 Å². The van der Waals surface area contributed by atoms with Crippen molar-refractivity contribution < 1.29 is 13.2 Å². The van der Waals surface area contributed by atoms with E-state index in [9.17, 15) is 8.42 Å². The van der Waals surface area contributed by atoms with Crippen molar-refractivity contribution in [2.75, 3.05) is 13.7 Å². The molecule has 6 heteroatoms. The highest BCUT2D eigenvalue weighted by Gasteiger charge is 2.15. The molecule has 3 rings (SSSR count). The molecule has 0 aromatic heterocycles. The molecule has 0 spiro atoms. The molecule has 1 N–H and O–H groups in total. The summed E-state index contributed by atoms with van der Waals surface area (Å²) in [5.74, 6) is 0.728. The molecule has 4 nitrogen and oxygen atoms in total. The minimum Gasteiger partial charge on any atom is -0.497 e. The molecule has 0 aliphatic heterocycles. The molecule has 0 saturated heterocycles. The molecule has 0 saturated carbocycles. The van der Waals surface area contributed by atoms with Gasteiger partial charge in [-0.05, 0) is 60.0 Å². The van der Waals surface area contributed by atoms with Crippen LogP contribution in [0.2, 0.25) is 5.02 Å². The fourth-order valence-electron chi connectivity index (χ4n) is 2.79. The van der Waals surface area contributed by atoms with Crippen molar-refractivity contribution in [3.63, 3.8) is 0 Å². The van der Waals surface area contributed by atoms with Crippen LogP contribution in [0.5, 0.6) is 5.75 Å². The van der Waals surface area contributed by atoms with Crippen LogP contribution in [-0.2, 0) is 10.0 Å². The number of halogens is 1. The lowest BCUT2D eigenvalue weighted by molar-refractivity contribution is 0.415. The van der Waals surface area contributed by atoms with Gasteiger partial charge in [0.1, 0.15) is 5.75 Å². The van der Waals surface area contributed by atoms with Crippen LogP contribution in [0.15, 0.2) is 77.7 Å². The van der Waals surface area contributed by atoms with Gasteiger partial charge in [0.05, 0.1) is 12.0 Å². The largest absolute Gasteiger partial charge is 0.497 e. The lowest BCUT2D eigenvalue weighted by Crippen LogP contribution is -2.25. The Kier molecular flexibility index (Phi) is 6.75. The van der Waals surface area contributed by atoms with Gasteiger partial charge < -0.3 is 4.74 Å². The van der Waals surface area contributed by atoms with Crippen molar-refractivity contribution in [2.24, 2.45) is 0 Å². The lowest BCUT2D eigenvalue weighted by atomic mass is 10.0. The summed E-state index contributed by atoms with van der Waals surface area (Å²) < 4.78 is 33.3. The van der Waals surface area contributed by atoms with Gasteiger partial charge >= 0.3 is 0 Å². The Morgan fingerprint density at radius 1 is 1.00 bits per heavy atom. The lowest BCUT2D eigenvalue weighted by Gasteiger charge is -2.12. The molecular weight excluding hydrogens is 406 g/mol.